The third-order valence-corrected chi connectivity index (χ3v) is 7.48. The summed E-state index contributed by atoms with van der Waals surface area (Å²) in [7, 11) is 0. The van der Waals surface area contributed by atoms with Crippen molar-refractivity contribution in [2.24, 2.45) is 0 Å². The molecule has 2 aromatic heterocycles. The second-order valence-electron chi connectivity index (χ2n) is 9.47. The maximum atomic E-state index is 14.2. The van der Waals surface area contributed by atoms with Crippen molar-refractivity contribution in [2.75, 3.05) is 62.3 Å². The van der Waals surface area contributed by atoms with E-state index in [1.165, 1.54) is 17.8 Å². The number of furan rings is 1. The standard InChI is InChI=1S/C27H32FN5O3S/c1-19(2)22-17-25(32-11-9-31(10-12-32)23-6-4-3-5-21(23)28)30-27(29-22)37-18-20-7-8-24(36-20)26(34)33-13-15-35-16-14-33/h3-8,17,19H,9-16,18H2,1-2H3. The van der Waals surface area contributed by atoms with Crippen molar-refractivity contribution in [2.45, 2.75) is 30.7 Å². The first kappa shape index (κ1) is 25.5. The lowest BCUT2D eigenvalue weighted by Crippen LogP contribution is -2.47. The lowest BCUT2D eigenvalue weighted by molar-refractivity contribution is 0.0282. The molecule has 0 saturated carbocycles. The van der Waals surface area contributed by atoms with Gasteiger partial charge in [0.2, 0.25) is 0 Å². The van der Waals surface area contributed by atoms with Crippen molar-refractivity contribution in [1.82, 2.24) is 14.9 Å². The molecule has 1 aromatic carbocycles. The number of halogens is 1. The van der Waals surface area contributed by atoms with Crippen molar-refractivity contribution in [3.63, 3.8) is 0 Å². The Hall–Kier alpha value is -3.11. The van der Waals surface area contributed by atoms with Crippen LogP contribution in [0.5, 0.6) is 0 Å². The van der Waals surface area contributed by atoms with Gasteiger partial charge in [0.15, 0.2) is 10.9 Å². The van der Waals surface area contributed by atoms with E-state index in [-0.39, 0.29) is 17.6 Å². The van der Waals surface area contributed by atoms with Crippen LogP contribution in [-0.4, -0.2) is 73.3 Å². The summed E-state index contributed by atoms with van der Waals surface area (Å²) in [4.78, 5) is 28.4. The molecule has 8 nitrogen and oxygen atoms in total. The monoisotopic (exact) mass is 525 g/mol. The number of piperazine rings is 1. The highest BCUT2D eigenvalue weighted by atomic mass is 32.2. The van der Waals surface area contributed by atoms with Crippen molar-refractivity contribution in [1.29, 1.82) is 0 Å². The van der Waals surface area contributed by atoms with Gasteiger partial charge in [0.05, 0.1) is 24.7 Å². The molecule has 5 rings (SSSR count). The first-order valence-electron chi connectivity index (χ1n) is 12.7. The van der Waals surface area contributed by atoms with E-state index < -0.39 is 0 Å². The van der Waals surface area contributed by atoms with E-state index in [9.17, 15) is 9.18 Å². The molecule has 0 atom stereocenters. The van der Waals surface area contributed by atoms with Crippen molar-refractivity contribution < 1.29 is 18.3 Å². The molecule has 0 N–H and O–H groups in total. The van der Waals surface area contributed by atoms with Crippen LogP contribution in [0.3, 0.4) is 0 Å². The number of anilines is 2. The van der Waals surface area contributed by atoms with E-state index in [1.807, 2.05) is 18.2 Å². The smallest absolute Gasteiger partial charge is 0.289 e. The molecular formula is C27H32FN5O3S. The number of thioether (sulfide) groups is 1. The lowest BCUT2D eigenvalue weighted by Gasteiger charge is -2.37. The quantitative estimate of drug-likeness (QED) is 0.332. The van der Waals surface area contributed by atoms with Gasteiger partial charge >= 0.3 is 0 Å². The van der Waals surface area contributed by atoms with Gasteiger partial charge in [0, 0.05) is 51.0 Å². The number of carbonyl (C=O) groups excluding carboxylic acids is 1. The highest BCUT2D eigenvalue weighted by molar-refractivity contribution is 7.98. The summed E-state index contributed by atoms with van der Waals surface area (Å²) >= 11 is 1.50. The number of nitrogens with zero attached hydrogens (tertiary/aromatic N) is 5. The van der Waals surface area contributed by atoms with E-state index in [0.717, 1.165) is 37.7 Å². The maximum Gasteiger partial charge on any atom is 0.289 e. The molecule has 0 radical (unpaired) electrons. The van der Waals surface area contributed by atoms with Gasteiger partial charge in [-0.3, -0.25) is 4.79 Å². The Morgan fingerprint density at radius 1 is 1.00 bits per heavy atom. The van der Waals surface area contributed by atoms with E-state index in [2.05, 4.69) is 29.7 Å². The molecule has 0 bridgehead atoms. The van der Waals surface area contributed by atoms with E-state index in [4.69, 9.17) is 19.1 Å². The van der Waals surface area contributed by atoms with Gasteiger partial charge in [-0.1, -0.05) is 37.7 Å². The zero-order chi connectivity index (χ0) is 25.8. The van der Waals surface area contributed by atoms with Crippen molar-refractivity contribution >= 4 is 29.2 Å². The molecule has 2 aliphatic rings. The average Bonchev–Trinajstić information content (AvgIpc) is 3.41. The summed E-state index contributed by atoms with van der Waals surface area (Å²) in [6.45, 7) is 9.44. The number of amides is 1. The second-order valence-corrected chi connectivity index (χ2v) is 10.4. The van der Waals surface area contributed by atoms with Gasteiger partial charge in [-0.05, 0) is 30.2 Å². The predicted octanol–water partition coefficient (Wildman–Crippen LogP) is 4.42. The van der Waals surface area contributed by atoms with Gasteiger partial charge in [0.1, 0.15) is 17.4 Å². The van der Waals surface area contributed by atoms with Crippen LogP contribution in [0.2, 0.25) is 0 Å². The lowest BCUT2D eigenvalue weighted by atomic mass is 10.1. The molecule has 1 amide bonds. The number of hydrogen-bond donors (Lipinski definition) is 0. The summed E-state index contributed by atoms with van der Waals surface area (Å²) in [5.74, 6) is 2.43. The number of morpholine rings is 1. The Morgan fingerprint density at radius 3 is 2.46 bits per heavy atom. The molecule has 3 aromatic rings. The molecule has 4 heterocycles. The van der Waals surface area contributed by atoms with Gasteiger partial charge in [0.25, 0.3) is 5.91 Å². The zero-order valence-electron chi connectivity index (χ0n) is 21.2. The largest absolute Gasteiger partial charge is 0.455 e. The molecule has 2 aliphatic heterocycles. The summed E-state index contributed by atoms with van der Waals surface area (Å²) < 4.78 is 25.4. The van der Waals surface area contributed by atoms with Gasteiger partial charge < -0.3 is 23.9 Å². The number of carbonyl (C=O) groups is 1. The minimum atomic E-state index is -0.188. The zero-order valence-corrected chi connectivity index (χ0v) is 22.0. The molecule has 37 heavy (non-hydrogen) atoms. The number of ether oxygens (including phenoxy) is 1. The normalized spacial score (nSPS) is 16.5. The van der Waals surface area contributed by atoms with E-state index >= 15 is 0 Å². The highest BCUT2D eigenvalue weighted by Crippen LogP contribution is 2.28. The third-order valence-electron chi connectivity index (χ3n) is 6.61. The van der Waals surface area contributed by atoms with Crippen LogP contribution in [-0.2, 0) is 10.5 Å². The molecule has 2 saturated heterocycles. The summed E-state index contributed by atoms with van der Waals surface area (Å²) in [6.07, 6.45) is 0. The van der Waals surface area contributed by atoms with Gasteiger partial charge in [-0.2, -0.15) is 0 Å². The van der Waals surface area contributed by atoms with Crippen LogP contribution >= 0.6 is 11.8 Å². The number of para-hydroxylation sites is 1. The first-order chi connectivity index (χ1) is 18.0. The number of rotatable bonds is 7. The predicted molar refractivity (Wildman–Crippen MR) is 142 cm³/mol. The fourth-order valence-corrected chi connectivity index (χ4v) is 5.22. The third kappa shape index (κ3) is 6.07. The molecule has 0 aliphatic carbocycles. The Labute approximate surface area is 220 Å². The number of aromatic nitrogens is 2. The highest BCUT2D eigenvalue weighted by Gasteiger charge is 2.23. The fourth-order valence-electron chi connectivity index (χ4n) is 4.47. The Balaban J connectivity index is 1.24. The SMILES string of the molecule is CC(C)c1cc(N2CCN(c3ccccc3F)CC2)nc(SCc2ccc(C(=O)N3CCOCC3)o2)n1. The first-order valence-corrected chi connectivity index (χ1v) is 13.7. The van der Waals surface area contributed by atoms with Crippen LogP contribution in [0.1, 0.15) is 41.8 Å². The van der Waals surface area contributed by atoms with Crippen LogP contribution in [0, 0.1) is 5.82 Å². The summed E-state index contributed by atoms with van der Waals surface area (Å²) in [6, 6.07) is 12.6. The van der Waals surface area contributed by atoms with Crippen LogP contribution in [0.4, 0.5) is 15.9 Å². The molecular weight excluding hydrogens is 493 g/mol. The van der Waals surface area contributed by atoms with Crippen LogP contribution < -0.4 is 9.80 Å². The van der Waals surface area contributed by atoms with Gasteiger partial charge in [-0.15, -0.1) is 0 Å². The minimum Gasteiger partial charge on any atom is -0.455 e. The molecule has 10 heteroatoms. The molecule has 0 spiro atoms. The second kappa shape index (κ2) is 11.5. The number of hydrogen-bond acceptors (Lipinski definition) is 8. The van der Waals surface area contributed by atoms with Crippen LogP contribution in [0.15, 0.2) is 52.0 Å². The maximum absolute atomic E-state index is 14.2. The van der Waals surface area contributed by atoms with Crippen LogP contribution in [0.25, 0.3) is 0 Å². The summed E-state index contributed by atoms with van der Waals surface area (Å²) in [5, 5.41) is 0.676. The topological polar surface area (TPSA) is 74.9 Å². The molecule has 196 valence electrons. The molecule has 0 unspecified atom stereocenters. The number of benzene rings is 1. The summed E-state index contributed by atoms with van der Waals surface area (Å²) in [5.41, 5.74) is 1.63. The fraction of sp³-hybridized carbons (Fsp3) is 0.444. The van der Waals surface area contributed by atoms with E-state index in [1.54, 1.807) is 17.0 Å². The van der Waals surface area contributed by atoms with Crippen molar-refractivity contribution in [3.05, 3.63) is 65.5 Å². The average molecular weight is 526 g/mol. The minimum absolute atomic E-state index is 0.102. The van der Waals surface area contributed by atoms with Gasteiger partial charge in [-0.25, -0.2) is 14.4 Å². The Morgan fingerprint density at radius 2 is 1.73 bits per heavy atom. The molecule has 2 fully saturated rings. The van der Waals surface area contributed by atoms with E-state index in [0.29, 0.717) is 54.4 Å². The Bertz CT molecular complexity index is 1220. The van der Waals surface area contributed by atoms with Crippen molar-refractivity contribution in [3.8, 4) is 0 Å². The Kier molecular flexibility index (Phi) is 7.95.